The first-order chi connectivity index (χ1) is 8.16. The predicted molar refractivity (Wildman–Crippen MR) is 66.9 cm³/mol. The Morgan fingerprint density at radius 2 is 2.12 bits per heavy atom. The van der Waals surface area contributed by atoms with Gasteiger partial charge in [0.05, 0.1) is 7.11 Å². The van der Waals surface area contributed by atoms with E-state index in [0.717, 1.165) is 18.4 Å². The van der Waals surface area contributed by atoms with Gasteiger partial charge in [0.25, 0.3) is 0 Å². The molecule has 0 saturated heterocycles. The first-order valence-electron chi connectivity index (χ1n) is 6.24. The molecule has 3 heteroatoms. The summed E-state index contributed by atoms with van der Waals surface area (Å²) in [6.45, 7) is 2.52. The summed E-state index contributed by atoms with van der Waals surface area (Å²) >= 11 is 0. The van der Waals surface area contributed by atoms with Gasteiger partial charge in [0.2, 0.25) is 0 Å². The van der Waals surface area contributed by atoms with Crippen molar-refractivity contribution in [3.63, 3.8) is 0 Å². The molecule has 1 aromatic carbocycles. The van der Waals surface area contributed by atoms with Crippen LogP contribution in [0.4, 0.5) is 4.39 Å². The van der Waals surface area contributed by atoms with Crippen LogP contribution >= 0.6 is 0 Å². The van der Waals surface area contributed by atoms with E-state index in [1.54, 1.807) is 13.2 Å². The second kappa shape index (κ2) is 4.65. The minimum atomic E-state index is -0.165. The Labute approximate surface area is 102 Å². The van der Waals surface area contributed by atoms with E-state index in [4.69, 9.17) is 10.5 Å². The summed E-state index contributed by atoms with van der Waals surface area (Å²) in [6.07, 6.45) is 3.93. The molecular weight excluding hydrogens is 217 g/mol. The highest BCUT2D eigenvalue weighted by Crippen LogP contribution is 2.44. The van der Waals surface area contributed by atoms with Crippen molar-refractivity contribution in [2.45, 2.75) is 38.0 Å². The minimum Gasteiger partial charge on any atom is -0.496 e. The van der Waals surface area contributed by atoms with Crippen molar-refractivity contribution in [1.29, 1.82) is 0 Å². The maximum atomic E-state index is 14.0. The second-order valence-corrected chi connectivity index (χ2v) is 4.83. The normalized spacial score (nSPS) is 17.6. The third-order valence-corrected chi connectivity index (χ3v) is 4.04. The third kappa shape index (κ3) is 1.93. The van der Waals surface area contributed by atoms with Gasteiger partial charge in [-0.3, -0.25) is 0 Å². The Balaban J connectivity index is 2.46. The molecule has 1 aliphatic carbocycles. The molecule has 1 saturated carbocycles. The molecule has 2 nitrogen and oxygen atoms in total. The maximum absolute atomic E-state index is 14.0. The topological polar surface area (TPSA) is 35.2 Å². The summed E-state index contributed by atoms with van der Waals surface area (Å²) in [5, 5.41) is 0. The smallest absolute Gasteiger partial charge is 0.130 e. The molecule has 0 aliphatic heterocycles. The van der Waals surface area contributed by atoms with Crippen LogP contribution in [-0.2, 0) is 11.8 Å². The van der Waals surface area contributed by atoms with Crippen molar-refractivity contribution in [3.05, 3.63) is 29.1 Å². The molecule has 1 aliphatic rings. The molecule has 1 aromatic rings. The summed E-state index contributed by atoms with van der Waals surface area (Å²) in [4.78, 5) is 0. The number of methoxy groups -OCH3 is 1. The highest BCUT2D eigenvalue weighted by Gasteiger charge is 2.38. The zero-order valence-electron chi connectivity index (χ0n) is 10.6. The van der Waals surface area contributed by atoms with Gasteiger partial charge in [-0.1, -0.05) is 13.3 Å². The van der Waals surface area contributed by atoms with E-state index in [2.05, 4.69) is 0 Å². The maximum Gasteiger partial charge on any atom is 0.130 e. The van der Waals surface area contributed by atoms with Gasteiger partial charge in [-0.25, -0.2) is 4.39 Å². The highest BCUT2D eigenvalue weighted by molar-refractivity contribution is 5.43. The van der Waals surface area contributed by atoms with Crippen LogP contribution in [0.1, 0.15) is 37.3 Å². The van der Waals surface area contributed by atoms with Crippen molar-refractivity contribution in [1.82, 2.24) is 0 Å². The fraction of sp³-hybridized carbons (Fsp3) is 0.571. The Morgan fingerprint density at radius 1 is 1.41 bits per heavy atom. The Kier molecular flexibility index (Phi) is 3.38. The molecule has 2 rings (SSSR count). The molecule has 0 amide bonds. The van der Waals surface area contributed by atoms with Gasteiger partial charge >= 0.3 is 0 Å². The Morgan fingerprint density at radius 3 is 2.53 bits per heavy atom. The fourth-order valence-electron chi connectivity index (χ4n) is 2.66. The lowest BCUT2D eigenvalue weighted by Crippen LogP contribution is -2.41. The van der Waals surface area contributed by atoms with Crippen molar-refractivity contribution in [3.8, 4) is 5.75 Å². The van der Waals surface area contributed by atoms with Crippen molar-refractivity contribution >= 4 is 0 Å². The van der Waals surface area contributed by atoms with Crippen LogP contribution in [0.3, 0.4) is 0 Å². The van der Waals surface area contributed by atoms with E-state index in [1.807, 2.05) is 13.0 Å². The number of ether oxygens (including phenoxy) is 1. The fourth-order valence-corrected chi connectivity index (χ4v) is 2.66. The Bertz CT molecular complexity index is 407. The van der Waals surface area contributed by atoms with E-state index in [0.29, 0.717) is 24.3 Å². The van der Waals surface area contributed by atoms with Gasteiger partial charge in [0.15, 0.2) is 0 Å². The average molecular weight is 237 g/mol. The van der Waals surface area contributed by atoms with E-state index < -0.39 is 0 Å². The monoisotopic (exact) mass is 237 g/mol. The standard InChI is InChI=1S/C14H20FNO/c1-3-11-12(15)7-10(8-13(11)17-2)14(9-16)5-4-6-14/h7-8H,3-6,9,16H2,1-2H3. The van der Waals surface area contributed by atoms with Crippen LogP contribution in [0.2, 0.25) is 0 Å². The number of hydrogen-bond acceptors (Lipinski definition) is 2. The molecule has 0 aromatic heterocycles. The quantitative estimate of drug-likeness (QED) is 0.874. The second-order valence-electron chi connectivity index (χ2n) is 4.83. The van der Waals surface area contributed by atoms with Gasteiger partial charge < -0.3 is 10.5 Å². The van der Waals surface area contributed by atoms with Crippen molar-refractivity contribution < 1.29 is 9.13 Å². The first-order valence-corrected chi connectivity index (χ1v) is 6.24. The van der Waals surface area contributed by atoms with E-state index in [1.165, 1.54) is 6.42 Å². The lowest BCUT2D eigenvalue weighted by molar-refractivity contribution is 0.251. The van der Waals surface area contributed by atoms with Gasteiger partial charge in [-0.2, -0.15) is 0 Å². The minimum absolute atomic E-state index is 0.0135. The SMILES string of the molecule is CCc1c(F)cc(C2(CN)CCC2)cc1OC. The molecule has 0 heterocycles. The summed E-state index contributed by atoms with van der Waals surface area (Å²) in [5.74, 6) is 0.490. The molecule has 0 radical (unpaired) electrons. The number of benzene rings is 1. The van der Waals surface area contributed by atoms with Gasteiger partial charge in [0.1, 0.15) is 11.6 Å². The lowest BCUT2D eigenvalue weighted by atomic mass is 9.64. The predicted octanol–water partition coefficient (Wildman–Crippen LogP) is 2.78. The summed E-state index contributed by atoms with van der Waals surface area (Å²) < 4.78 is 19.3. The van der Waals surface area contributed by atoms with E-state index in [-0.39, 0.29) is 11.2 Å². The Hall–Kier alpha value is -1.09. The van der Waals surface area contributed by atoms with Gasteiger partial charge in [-0.15, -0.1) is 0 Å². The average Bonchev–Trinajstić information content (AvgIpc) is 2.27. The van der Waals surface area contributed by atoms with E-state index >= 15 is 0 Å². The number of nitrogens with two attached hydrogens (primary N) is 1. The van der Waals surface area contributed by atoms with E-state index in [9.17, 15) is 4.39 Å². The van der Waals surface area contributed by atoms with Crippen molar-refractivity contribution in [2.75, 3.05) is 13.7 Å². The summed E-state index contributed by atoms with van der Waals surface area (Å²) in [6, 6.07) is 3.61. The van der Waals surface area contributed by atoms with Crippen LogP contribution < -0.4 is 10.5 Å². The number of halogens is 1. The van der Waals surface area contributed by atoms with Crippen LogP contribution in [0, 0.1) is 5.82 Å². The molecule has 0 bridgehead atoms. The molecule has 1 fully saturated rings. The highest BCUT2D eigenvalue weighted by atomic mass is 19.1. The van der Waals surface area contributed by atoms with Gasteiger partial charge in [-0.05, 0) is 37.0 Å². The molecule has 0 unspecified atom stereocenters. The van der Waals surface area contributed by atoms with Crippen LogP contribution in [-0.4, -0.2) is 13.7 Å². The lowest BCUT2D eigenvalue weighted by Gasteiger charge is -2.41. The number of rotatable bonds is 4. The molecular formula is C14H20FNO. The molecule has 0 atom stereocenters. The zero-order valence-corrected chi connectivity index (χ0v) is 10.6. The molecule has 94 valence electrons. The largest absolute Gasteiger partial charge is 0.496 e. The summed E-state index contributed by atoms with van der Waals surface area (Å²) in [7, 11) is 1.59. The number of hydrogen-bond donors (Lipinski definition) is 1. The van der Waals surface area contributed by atoms with Crippen LogP contribution in [0.15, 0.2) is 12.1 Å². The van der Waals surface area contributed by atoms with Crippen molar-refractivity contribution in [2.24, 2.45) is 5.73 Å². The molecule has 17 heavy (non-hydrogen) atoms. The van der Waals surface area contributed by atoms with Crippen LogP contribution in [0.5, 0.6) is 5.75 Å². The molecule has 2 N–H and O–H groups in total. The summed E-state index contributed by atoms with van der Waals surface area (Å²) in [5.41, 5.74) is 7.49. The first kappa shape index (κ1) is 12.4. The zero-order chi connectivity index (χ0) is 12.5. The van der Waals surface area contributed by atoms with Gasteiger partial charge in [0, 0.05) is 17.5 Å². The molecule has 0 spiro atoms. The third-order valence-electron chi connectivity index (χ3n) is 4.04. The van der Waals surface area contributed by atoms with Crippen LogP contribution in [0.25, 0.3) is 0 Å².